The first-order valence-corrected chi connectivity index (χ1v) is 11.0. The summed E-state index contributed by atoms with van der Waals surface area (Å²) in [6.07, 6.45) is 4.40. The summed E-state index contributed by atoms with van der Waals surface area (Å²) in [7, 11) is 0. The zero-order valence-electron chi connectivity index (χ0n) is 17.7. The first kappa shape index (κ1) is 21.0. The third-order valence-corrected chi connectivity index (χ3v) is 6.25. The Balaban J connectivity index is 1.28. The van der Waals surface area contributed by atoms with Crippen LogP contribution >= 0.6 is 0 Å². The number of pyridine rings is 1. The van der Waals surface area contributed by atoms with Crippen LogP contribution in [0.4, 0.5) is 0 Å². The highest BCUT2D eigenvalue weighted by molar-refractivity contribution is 5.95. The number of aliphatic hydroxyl groups is 1. The van der Waals surface area contributed by atoms with Crippen molar-refractivity contribution in [1.29, 1.82) is 0 Å². The second kappa shape index (κ2) is 9.69. The van der Waals surface area contributed by atoms with Crippen LogP contribution in [0.15, 0.2) is 36.5 Å². The maximum atomic E-state index is 12.7. The van der Waals surface area contributed by atoms with E-state index in [9.17, 15) is 9.90 Å². The Morgan fingerprint density at radius 1 is 1.37 bits per heavy atom. The van der Waals surface area contributed by atoms with E-state index in [-0.39, 0.29) is 12.5 Å². The van der Waals surface area contributed by atoms with Crippen molar-refractivity contribution < 1.29 is 9.90 Å². The second-order valence-electron chi connectivity index (χ2n) is 8.66. The summed E-state index contributed by atoms with van der Waals surface area (Å²) >= 11 is 0. The van der Waals surface area contributed by atoms with Gasteiger partial charge in [0, 0.05) is 38.1 Å². The number of amides is 1. The normalized spacial score (nSPS) is 20.0. The number of rotatable bonds is 7. The minimum atomic E-state index is -0.597. The van der Waals surface area contributed by atoms with Crippen molar-refractivity contribution in [3.63, 3.8) is 0 Å². The van der Waals surface area contributed by atoms with Gasteiger partial charge in [0.2, 0.25) is 0 Å². The first-order valence-electron chi connectivity index (χ1n) is 11.0. The van der Waals surface area contributed by atoms with Gasteiger partial charge in [-0.2, -0.15) is 0 Å². The lowest BCUT2D eigenvalue weighted by Crippen LogP contribution is -2.42. The fourth-order valence-corrected chi connectivity index (χ4v) is 4.52. The highest BCUT2D eigenvalue weighted by atomic mass is 16.3. The number of benzene rings is 1. The molecule has 1 aromatic carbocycles. The van der Waals surface area contributed by atoms with Gasteiger partial charge in [0.15, 0.2) is 0 Å². The molecule has 30 heavy (non-hydrogen) atoms. The van der Waals surface area contributed by atoms with Gasteiger partial charge in [-0.05, 0) is 68.0 Å². The molecule has 2 aliphatic rings. The van der Waals surface area contributed by atoms with Crippen LogP contribution < -0.4 is 10.6 Å². The number of aromatic nitrogens is 1. The standard InChI is InChI=1S/C24H32N4O2/c1-17-23(11-19(13-26-17)10-18-6-8-25-12-18)24(30)27-14-22(29)16-28-9-7-20-4-2-3-5-21(20)15-28/h2-5,11,13,18,22,25,29H,6-10,12,14-16H2,1H3,(H,27,30)/t18?,22-/m0/s1. The number of nitrogens with one attached hydrogen (secondary N) is 2. The van der Waals surface area contributed by atoms with E-state index < -0.39 is 6.10 Å². The molecular formula is C24H32N4O2. The second-order valence-corrected chi connectivity index (χ2v) is 8.66. The predicted octanol–water partition coefficient (Wildman–Crippen LogP) is 1.69. The topological polar surface area (TPSA) is 77.5 Å². The molecule has 6 nitrogen and oxygen atoms in total. The van der Waals surface area contributed by atoms with Crippen LogP contribution in [0.3, 0.4) is 0 Å². The predicted molar refractivity (Wildman–Crippen MR) is 117 cm³/mol. The molecule has 3 heterocycles. The van der Waals surface area contributed by atoms with Crippen molar-refractivity contribution in [2.75, 3.05) is 32.7 Å². The zero-order valence-corrected chi connectivity index (χ0v) is 17.7. The van der Waals surface area contributed by atoms with Crippen molar-refractivity contribution in [3.8, 4) is 0 Å². The van der Waals surface area contributed by atoms with Gasteiger partial charge >= 0.3 is 0 Å². The van der Waals surface area contributed by atoms with Crippen LogP contribution in [0.25, 0.3) is 0 Å². The number of hydrogen-bond donors (Lipinski definition) is 3. The molecular weight excluding hydrogens is 376 g/mol. The number of carbonyl (C=O) groups is 1. The van der Waals surface area contributed by atoms with E-state index in [2.05, 4.69) is 44.8 Å². The number of β-amino-alcohol motifs (C(OH)–C–C–N with tert-alkyl or cyclic N) is 1. The lowest BCUT2D eigenvalue weighted by Gasteiger charge is -2.30. The molecule has 2 atom stereocenters. The van der Waals surface area contributed by atoms with Crippen molar-refractivity contribution >= 4 is 5.91 Å². The molecule has 6 heteroatoms. The smallest absolute Gasteiger partial charge is 0.253 e. The van der Waals surface area contributed by atoms with Gasteiger partial charge in [-0.1, -0.05) is 24.3 Å². The summed E-state index contributed by atoms with van der Waals surface area (Å²) in [4.78, 5) is 19.4. The molecule has 160 valence electrons. The lowest BCUT2D eigenvalue weighted by atomic mass is 9.98. The van der Waals surface area contributed by atoms with Crippen molar-refractivity contribution in [1.82, 2.24) is 20.5 Å². The molecule has 0 aliphatic carbocycles. The van der Waals surface area contributed by atoms with Crippen LogP contribution in [0, 0.1) is 12.8 Å². The Labute approximate surface area is 178 Å². The molecule has 1 unspecified atom stereocenters. The summed E-state index contributed by atoms with van der Waals surface area (Å²) in [5.41, 5.74) is 5.16. The highest BCUT2D eigenvalue weighted by Gasteiger charge is 2.20. The fraction of sp³-hybridized carbons (Fsp3) is 0.500. The Morgan fingerprint density at radius 3 is 3.00 bits per heavy atom. The third kappa shape index (κ3) is 5.25. The van der Waals surface area contributed by atoms with E-state index in [0.717, 1.165) is 50.3 Å². The minimum Gasteiger partial charge on any atom is -0.390 e. The van der Waals surface area contributed by atoms with Crippen LogP contribution in [0.2, 0.25) is 0 Å². The molecule has 1 fully saturated rings. The summed E-state index contributed by atoms with van der Waals surface area (Å²) in [6, 6.07) is 10.4. The van der Waals surface area contributed by atoms with Gasteiger partial charge in [0.05, 0.1) is 11.7 Å². The molecule has 0 saturated carbocycles. The van der Waals surface area contributed by atoms with Gasteiger partial charge in [0.25, 0.3) is 5.91 Å². The Hall–Kier alpha value is -2.28. The first-order chi connectivity index (χ1) is 14.6. The van der Waals surface area contributed by atoms with Crippen molar-refractivity contribution in [2.24, 2.45) is 5.92 Å². The summed E-state index contributed by atoms with van der Waals surface area (Å²) in [5.74, 6) is 0.455. The maximum absolute atomic E-state index is 12.7. The number of aliphatic hydroxyl groups excluding tert-OH is 1. The number of hydrogen-bond acceptors (Lipinski definition) is 5. The Kier molecular flexibility index (Phi) is 6.77. The van der Waals surface area contributed by atoms with Crippen LogP contribution in [0.1, 0.15) is 39.2 Å². The average molecular weight is 409 g/mol. The number of aryl methyl sites for hydroxylation is 1. The van der Waals surface area contributed by atoms with Crippen LogP contribution in [0.5, 0.6) is 0 Å². The minimum absolute atomic E-state index is 0.158. The fourth-order valence-electron chi connectivity index (χ4n) is 4.52. The van der Waals surface area contributed by atoms with Gasteiger partial charge < -0.3 is 15.7 Å². The summed E-state index contributed by atoms with van der Waals surface area (Å²) in [5, 5.41) is 16.8. The quantitative estimate of drug-likeness (QED) is 0.650. The SMILES string of the molecule is Cc1ncc(CC2CCNC2)cc1C(=O)NC[C@H](O)CN1CCc2ccccc2C1. The van der Waals surface area contributed by atoms with Crippen LogP contribution in [-0.2, 0) is 19.4 Å². The van der Waals surface area contributed by atoms with Gasteiger partial charge in [-0.15, -0.1) is 0 Å². The molecule has 1 aromatic heterocycles. The molecule has 4 rings (SSSR count). The van der Waals surface area contributed by atoms with E-state index in [1.165, 1.54) is 17.5 Å². The monoisotopic (exact) mass is 408 g/mol. The molecule has 1 saturated heterocycles. The van der Waals surface area contributed by atoms with E-state index >= 15 is 0 Å². The van der Waals surface area contributed by atoms with Crippen LogP contribution in [-0.4, -0.2) is 59.7 Å². The molecule has 0 spiro atoms. The zero-order chi connectivity index (χ0) is 20.9. The summed E-state index contributed by atoms with van der Waals surface area (Å²) < 4.78 is 0. The molecule has 2 aromatic rings. The highest BCUT2D eigenvalue weighted by Crippen LogP contribution is 2.19. The Morgan fingerprint density at radius 2 is 2.20 bits per heavy atom. The molecule has 0 radical (unpaired) electrons. The third-order valence-electron chi connectivity index (χ3n) is 6.25. The van der Waals surface area contributed by atoms with Gasteiger partial charge in [0.1, 0.15) is 0 Å². The largest absolute Gasteiger partial charge is 0.390 e. The van der Waals surface area contributed by atoms with E-state index in [4.69, 9.17) is 0 Å². The average Bonchev–Trinajstić information content (AvgIpc) is 3.26. The Bertz CT molecular complexity index is 879. The van der Waals surface area contributed by atoms with E-state index in [0.29, 0.717) is 18.0 Å². The molecule has 2 aliphatic heterocycles. The van der Waals surface area contributed by atoms with E-state index in [1.54, 1.807) is 0 Å². The van der Waals surface area contributed by atoms with Gasteiger partial charge in [-0.25, -0.2) is 0 Å². The molecule has 0 bridgehead atoms. The van der Waals surface area contributed by atoms with Crippen molar-refractivity contribution in [3.05, 3.63) is 64.5 Å². The molecule has 1 amide bonds. The number of nitrogens with zero attached hydrogens (tertiary/aromatic N) is 2. The molecule has 3 N–H and O–H groups in total. The number of fused-ring (bicyclic) bond motifs is 1. The van der Waals surface area contributed by atoms with Crippen molar-refractivity contribution in [2.45, 2.75) is 38.8 Å². The maximum Gasteiger partial charge on any atom is 0.253 e. The number of carbonyl (C=O) groups excluding carboxylic acids is 1. The summed E-state index contributed by atoms with van der Waals surface area (Å²) in [6.45, 7) is 6.54. The van der Waals surface area contributed by atoms with E-state index in [1.807, 2.05) is 19.2 Å². The van der Waals surface area contributed by atoms with Gasteiger partial charge in [-0.3, -0.25) is 14.7 Å². The lowest BCUT2D eigenvalue weighted by molar-refractivity contribution is 0.0841.